The van der Waals surface area contributed by atoms with Gasteiger partial charge in [0, 0.05) is 18.3 Å². The van der Waals surface area contributed by atoms with E-state index >= 15 is 0 Å². The van der Waals surface area contributed by atoms with Gasteiger partial charge in [-0.15, -0.1) is 0 Å². The molecule has 2 N–H and O–H groups in total. The number of nitrogens with one attached hydrogen (secondary N) is 1. The molecule has 2 aliphatic heterocycles. The van der Waals surface area contributed by atoms with Crippen LogP contribution < -0.4 is 10.1 Å². The van der Waals surface area contributed by atoms with E-state index in [4.69, 9.17) is 14.6 Å². The van der Waals surface area contributed by atoms with Crippen LogP contribution in [0.4, 0.5) is 10.1 Å². The highest BCUT2D eigenvalue weighted by Gasteiger charge is 2.39. The van der Waals surface area contributed by atoms with Crippen LogP contribution in [0.3, 0.4) is 0 Å². The number of carbonyl (C=O) groups is 3. The van der Waals surface area contributed by atoms with Crippen molar-refractivity contribution in [3.8, 4) is 5.75 Å². The van der Waals surface area contributed by atoms with E-state index in [0.717, 1.165) is 6.07 Å². The minimum absolute atomic E-state index is 0.0914. The number of benzene rings is 2. The van der Waals surface area contributed by atoms with Gasteiger partial charge in [-0.3, -0.25) is 14.4 Å². The van der Waals surface area contributed by atoms with Crippen LogP contribution in [0.5, 0.6) is 5.75 Å². The summed E-state index contributed by atoms with van der Waals surface area (Å²) in [5.41, 5.74) is 0.826. The highest BCUT2D eigenvalue weighted by molar-refractivity contribution is 6.05. The first-order chi connectivity index (χ1) is 15.3. The van der Waals surface area contributed by atoms with E-state index in [9.17, 15) is 18.8 Å². The molecule has 168 valence electrons. The molecule has 0 spiro atoms. The summed E-state index contributed by atoms with van der Waals surface area (Å²) in [7, 11) is 1.67. The van der Waals surface area contributed by atoms with Crippen LogP contribution in [-0.4, -0.2) is 59.7 Å². The molecule has 9 heteroatoms. The Bertz CT molecular complexity index is 1060. The second kappa shape index (κ2) is 8.96. The highest BCUT2D eigenvalue weighted by atomic mass is 19.1. The van der Waals surface area contributed by atoms with Crippen LogP contribution in [-0.2, 0) is 9.53 Å². The number of hydrogen-bond acceptors (Lipinski definition) is 5. The average molecular weight is 442 g/mol. The monoisotopic (exact) mass is 442 g/mol. The van der Waals surface area contributed by atoms with Gasteiger partial charge in [0.1, 0.15) is 24.3 Å². The predicted octanol–water partition coefficient (Wildman–Crippen LogP) is 2.93. The second-order valence-electron chi connectivity index (χ2n) is 7.94. The van der Waals surface area contributed by atoms with Crippen molar-refractivity contribution in [3.05, 3.63) is 59.4 Å². The molecule has 0 unspecified atom stereocenters. The van der Waals surface area contributed by atoms with Gasteiger partial charge in [-0.25, -0.2) is 4.39 Å². The lowest BCUT2D eigenvalue weighted by molar-refractivity contribution is -0.148. The lowest BCUT2D eigenvalue weighted by Crippen LogP contribution is -2.53. The van der Waals surface area contributed by atoms with E-state index in [-0.39, 0.29) is 36.1 Å². The number of anilines is 1. The summed E-state index contributed by atoms with van der Waals surface area (Å²) in [5.74, 6) is -1.90. The molecule has 32 heavy (non-hydrogen) atoms. The van der Waals surface area contributed by atoms with Crippen LogP contribution >= 0.6 is 0 Å². The van der Waals surface area contributed by atoms with Crippen molar-refractivity contribution in [2.24, 2.45) is 0 Å². The zero-order chi connectivity index (χ0) is 22.8. The number of likely N-dealkylation sites (N-methyl/N-ethyl adjacent to an activating group) is 1. The first kappa shape index (κ1) is 21.8. The molecule has 0 radical (unpaired) electrons. The Morgan fingerprint density at radius 3 is 2.78 bits per heavy atom. The molecule has 2 amide bonds. The second-order valence-corrected chi connectivity index (χ2v) is 7.94. The van der Waals surface area contributed by atoms with Crippen molar-refractivity contribution in [1.82, 2.24) is 4.90 Å². The van der Waals surface area contributed by atoms with E-state index in [1.807, 2.05) is 0 Å². The number of rotatable bonds is 4. The number of hydrogen-bond donors (Lipinski definition) is 2. The molecule has 0 saturated carbocycles. The maximum atomic E-state index is 13.4. The largest absolute Gasteiger partial charge is 0.490 e. The van der Waals surface area contributed by atoms with E-state index in [1.165, 1.54) is 24.3 Å². The summed E-state index contributed by atoms with van der Waals surface area (Å²) in [6.07, 6.45) is 0.176. The average Bonchev–Trinajstić information content (AvgIpc) is 2.76. The van der Waals surface area contributed by atoms with Gasteiger partial charge in [0.25, 0.3) is 11.8 Å². The van der Waals surface area contributed by atoms with Gasteiger partial charge in [-0.1, -0.05) is 6.07 Å². The molecular weight excluding hydrogens is 419 g/mol. The topological polar surface area (TPSA) is 105 Å². The highest BCUT2D eigenvalue weighted by Crippen LogP contribution is 2.32. The number of nitrogens with zero attached hydrogens (tertiary/aromatic N) is 1. The molecule has 2 heterocycles. The van der Waals surface area contributed by atoms with Crippen LogP contribution in [0.1, 0.15) is 40.0 Å². The molecule has 4 rings (SSSR count). The number of ether oxygens (including phenoxy) is 2. The lowest BCUT2D eigenvalue weighted by atomic mass is 9.94. The summed E-state index contributed by atoms with van der Waals surface area (Å²) >= 11 is 0. The Labute approximate surface area is 183 Å². The summed E-state index contributed by atoms with van der Waals surface area (Å²) < 4.78 is 25.2. The Morgan fingerprint density at radius 2 is 2.03 bits per heavy atom. The molecule has 0 aliphatic carbocycles. The number of aliphatic carboxylic acids is 1. The lowest BCUT2D eigenvalue weighted by Gasteiger charge is -2.42. The zero-order valence-corrected chi connectivity index (χ0v) is 17.4. The van der Waals surface area contributed by atoms with Crippen molar-refractivity contribution in [2.45, 2.75) is 37.5 Å². The van der Waals surface area contributed by atoms with Gasteiger partial charge in [0.05, 0.1) is 24.1 Å². The summed E-state index contributed by atoms with van der Waals surface area (Å²) in [5, 5.41) is 11.7. The van der Waals surface area contributed by atoms with Gasteiger partial charge in [0.2, 0.25) is 0 Å². The fraction of sp³-hybridized carbons (Fsp3) is 0.348. The smallest absolute Gasteiger partial charge is 0.305 e. The van der Waals surface area contributed by atoms with Crippen molar-refractivity contribution in [3.63, 3.8) is 0 Å². The molecule has 8 nitrogen and oxygen atoms in total. The van der Waals surface area contributed by atoms with Crippen molar-refractivity contribution < 1.29 is 33.4 Å². The van der Waals surface area contributed by atoms with Crippen molar-refractivity contribution >= 4 is 23.5 Å². The van der Waals surface area contributed by atoms with Gasteiger partial charge in [0.15, 0.2) is 0 Å². The Morgan fingerprint density at radius 1 is 1.22 bits per heavy atom. The molecular formula is C23H23FN2O6. The first-order valence-electron chi connectivity index (χ1n) is 10.3. The Kier molecular flexibility index (Phi) is 6.09. The first-order valence-corrected chi connectivity index (χ1v) is 10.3. The quantitative estimate of drug-likeness (QED) is 0.754. The standard InChI is InChI=1S/C23H23FN2O6/c1-26-18-7-6-16(11-21(27)28)32-20(18)12-31-19-8-5-15(10-17(19)23(26)30)25-22(29)13-3-2-4-14(24)9-13/h2-5,8-10,16,18,20H,6-7,11-12H2,1H3,(H,25,29)(H,27,28)/t16-,18-,20-/m1/s1. The summed E-state index contributed by atoms with van der Waals surface area (Å²) in [4.78, 5) is 38.2. The molecule has 2 aliphatic rings. The maximum Gasteiger partial charge on any atom is 0.305 e. The van der Waals surface area contributed by atoms with E-state index in [2.05, 4.69) is 5.32 Å². The minimum atomic E-state index is -0.928. The molecule has 0 bridgehead atoms. The van der Waals surface area contributed by atoms with Gasteiger partial charge in [-0.05, 0) is 49.2 Å². The number of carbonyl (C=O) groups excluding carboxylic acids is 2. The fourth-order valence-corrected chi connectivity index (χ4v) is 4.13. The van der Waals surface area contributed by atoms with Crippen molar-refractivity contribution in [2.75, 3.05) is 19.0 Å². The van der Waals surface area contributed by atoms with Crippen LogP contribution in [0.2, 0.25) is 0 Å². The molecule has 0 aromatic heterocycles. The third-order valence-corrected chi connectivity index (χ3v) is 5.76. The minimum Gasteiger partial charge on any atom is -0.490 e. The summed E-state index contributed by atoms with van der Waals surface area (Å²) in [6, 6.07) is 9.77. The fourth-order valence-electron chi connectivity index (χ4n) is 4.13. The van der Waals surface area contributed by atoms with Crippen LogP contribution in [0, 0.1) is 5.82 Å². The van der Waals surface area contributed by atoms with E-state index in [0.29, 0.717) is 24.3 Å². The number of fused-ring (bicyclic) bond motifs is 2. The van der Waals surface area contributed by atoms with Crippen LogP contribution in [0.25, 0.3) is 0 Å². The Hall–Kier alpha value is -3.46. The van der Waals surface area contributed by atoms with Gasteiger partial charge in [-0.2, -0.15) is 0 Å². The van der Waals surface area contributed by atoms with Crippen molar-refractivity contribution in [1.29, 1.82) is 0 Å². The number of carboxylic acid groups (broad SMARTS) is 1. The van der Waals surface area contributed by atoms with E-state index < -0.39 is 29.9 Å². The summed E-state index contributed by atoms with van der Waals surface area (Å²) in [6.45, 7) is 0.167. The van der Waals surface area contributed by atoms with E-state index in [1.54, 1.807) is 24.1 Å². The number of amides is 2. The SMILES string of the molecule is CN1C(=O)c2cc(NC(=O)c3cccc(F)c3)ccc2OC[C@H]2O[C@@H](CC(=O)O)CC[C@H]21. The van der Waals surface area contributed by atoms with Gasteiger partial charge >= 0.3 is 5.97 Å². The molecule has 2 aromatic rings. The number of carboxylic acids is 1. The normalized spacial score (nSPS) is 22.6. The third kappa shape index (κ3) is 4.57. The molecule has 3 atom stereocenters. The number of halogens is 1. The molecule has 1 saturated heterocycles. The molecule has 1 fully saturated rings. The third-order valence-electron chi connectivity index (χ3n) is 5.76. The zero-order valence-electron chi connectivity index (χ0n) is 17.4. The van der Waals surface area contributed by atoms with Crippen LogP contribution in [0.15, 0.2) is 42.5 Å². The Balaban J connectivity index is 1.54. The molecule has 2 aromatic carbocycles. The predicted molar refractivity (Wildman–Crippen MR) is 112 cm³/mol. The maximum absolute atomic E-state index is 13.4. The van der Waals surface area contributed by atoms with Gasteiger partial charge < -0.3 is 24.8 Å².